The molecular weight excluding hydrogens is 252 g/mol. The van der Waals surface area contributed by atoms with Crippen molar-refractivity contribution in [3.8, 4) is 0 Å². The van der Waals surface area contributed by atoms with Gasteiger partial charge in [0, 0.05) is 32.6 Å². The third-order valence-corrected chi connectivity index (χ3v) is 2.32. The number of hydrogen-bond acceptors (Lipinski definition) is 4. The summed E-state index contributed by atoms with van der Waals surface area (Å²) in [4.78, 5) is 33.1. The summed E-state index contributed by atoms with van der Waals surface area (Å²) in [7, 11) is 0. The molecule has 0 spiro atoms. The largest absolute Gasteiger partial charge is 0.480 e. The first kappa shape index (κ1) is 17.4. The van der Waals surface area contributed by atoms with Crippen molar-refractivity contribution in [3.63, 3.8) is 0 Å². The molecule has 7 heteroatoms. The highest BCUT2D eigenvalue weighted by molar-refractivity contribution is 5.86. The Labute approximate surface area is 112 Å². The van der Waals surface area contributed by atoms with Crippen molar-refractivity contribution in [1.29, 1.82) is 0 Å². The van der Waals surface area contributed by atoms with Crippen molar-refractivity contribution in [1.82, 2.24) is 10.6 Å². The molecule has 0 aliphatic heterocycles. The van der Waals surface area contributed by atoms with E-state index >= 15 is 0 Å². The van der Waals surface area contributed by atoms with E-state index in [2.05, 4.69) is 10.6 Å². The summed E-state index contributed by atoms with van der Waals surface area (Å²) in [6, 6.07) is -0.943. The highest BCUT2D eigenvalue weighted by atomic mass is 16.5. The number of rotatable bonds is 10. The minimum Gasteiger partial charge on any atom is -0.480 e. The molecule has 0 aromatic heterocycles. The summed E-state index contributed by atoms with van der Waals surface area (Å²) >= 11 is 0. The van der Waals surface area contributed by atoms with Crippen LogP contribution >= 0.6 is 0 Å². The van der Waals surface area contributed by atoms with E-state index in [1.165, 1.54) is 6.92 Å². The van der Waals surface area contributed by atoms with Gasteiger partial charge in [-0.05, 0) is 20.3 Å². The second-order valence-electron chi connectivity index (χ2n) is 4.03. The average molecular weight is 274 g/mol. The van der Waals surface area contributed by atoms with Gasteiger partial charge < -0.3 is 20.5 Å². The Morgan fingerprint density at radius 3 is 2.42 bits per heavy atom. The van der Waals surface area contributed by atoms with E-state index in [1.807, 2.05) is 6.92 Å². The number of amides is 2. The summed E-state index contributed by atoms with van der Waals surface area (Å²) in [5, 5.41) is 13.5. The second-order valence-corrected chi connectivity index (χ2v) is 4.03. The fourth-order valence-electron chi connectivity index (χ4n) is 1.24. The maximum absolute atomic E-state index is 11.4. The lowest BCUT2D eigenvalue weighted by atomic mass is 10.2. The summed E-state index contributed by atoms with van der Waals surface area (Å²) in [5.74, 6) is -1.78. The topological polar surface area (TPSA) is 105 Å². The SMILES string of the molecule is CCOCCCNC(=O)CCC(=O)NC(C)C(=O)O. The average Bonchev–Trinajstić information content (AvgIpc) is 2.36. The summed E-state index contributed by atoms with van der Waals surface area (Å²) < 4.78 is 5.11. The lowest BCUT2D eigenvalue weighted by Crippen LogP contribution is -2.38. The lowest BCUT2D eigenvalue weighted by molar-refractivity contribution is -0.141. The molecule has 1 atom stereocenters. The van der Waals surface area contributed by atoms with E-state index in [0.29, 0.717) is 19.8 Å². The number of aliphatic carboxylic acids is 1. The third-order valence-electron chi connectivity index (χ3n) is 2.32. The molecule has 19 heavy (non-hydrogen) atoms. The zero-order valence-electron chi connectivity index (χ0n) is 11.4. The van der Waals surface area contributed by atoms with Crippen LogP contribution in [0.1, 0.15) is 33.1 Å². The van der Waals surface area contributed by atoms with Gasteiger partial charge in [-0.3, -0.25) is 14.4 Å². The fourth-order valence-corrected chi connectivity index (χ4v) is 1.24. The number of carboxylic acid groups (broad SMARTS) is 1. The van der Waals surface area contributed by atoms with Crippen LogP contribution in [0.25, 0.3) is 0 Å². The quantitative estimate of drug-likeness (QED) is 0.482. The van der Waals surface area contributed by atoms with Gasteiger partial charge in [-0.15, -0.1) is 0 Å². The third kappa shape index (κ3) is 10.0. The van der Waals surface area contributed by atoms with Crippen LogP contribution in [0, 0.1) is 0 Å². The Morgan fingerprint density at radius 2 is 1.84 bits per heavy atom. The number of nitrogens with one attached hydrogen (secondary N) is 2. The lowest BCUT2D eigenvalue weighted by Gasteiger charge is -2.09. The molecule has 0 aliphatic rings. The molecule has 1 unspecified atom stereocenters. The van der Waals surface area contributed by atoms with E-state index in [4.69, 9.17) is 9.84 Å². The van der Waals surface area contributed by atoms with Crippen molar-refractivity contribution in [2.75, 3.05) is 19.8 Å². The molecule has 0 saturated carbocycles. The molecule has 0 rings (SSSR count). The fraction of sp³-hybridized carbons (Fsp3) is 0.750. The van der Waals surface area contributed by atoms with Crippen LogP contribution < -0.4 is 10.6 Å². The minimum absolute atomic E-state index is 0.0189. The van der Waals surface area contributed by atoms with Gasteiger partial charge in [-0.1, -0.05) is 0 Å². The molecule has 0 radical (unpaired) electrons. The highest BCUT2D eigenvalue weighted by Gasteiger charge is 2.14. The number of carbonyl (C=O) groups excluding carboxylic acids is 2. The standard InChI is InChI=1S/C12H22N2O5/c1-3-19-8-4-7-13-10(15)5-6-11(16)14-9(2)12(17)18/h9H,3-8H2,1-2H3,(H,13,15)(H,14,16)(H,17,18). The monoisotopic (exact) mass is 274 g/mol. The van der Waals surface area contributed by atoms with Gasteiger partial charge in [0.1, 0.15) is 6.04 Å². The summed E-state index contributed by atoms with van der Waals surface area (Å²) in [6.07, 6.45) is 0.754. The predicted octanol–water partition coefficient (Wildman–Crippen LogP) is -0.101. The van der Waals surface area contributed by atoms with Crippen molar-refractivity contribution in [3.05, 3.63) is 0 Å². The van der Waals surface area contributed by atoms with Crippen LogP contribution in [0.2, 0.25) is 0 Å². The molecule has 2 amide bonds. The predicted molar refractivity (Wildman–Crippen MR) is 68.6 cm³/mol. The molecule has 0 fully saturated rings. The van der Waals surface area contributed by atoms with Crippen molar-refractivity contribution >= 4 is 17.8 Å². The van der Waals surface area contributed by atoms with Crippen molar-refractivity contribution < 1.29 is 24.2 Å². The summed E-state index contributed by atoms with van der Waals surface area (Å²) in [6.45, 7) is 5.01. The maximum atomic E-state index is 11.4. The Bertz CT molecular complexity index is 306. The van der Waals surface area contributed by atoms with Crippen LogP contribution in [-0.4, -0.2) is 48.7 Å². The Hall–Kier alpha value is -1.63. The number of ether oxygens (including phenoxy) is 1. The van der Waals surface area contributed by atoms with E-state index < -0.39 is 17.9 Å². The normalized spacial score (nSPS) is 11.7. The Balaban J connectivity index is 3.61. The van der Waals surface area contributed by atoms with Crippen LogP contribution in [0.15, 0.2) is 0 Å². The second kappa shape index (κ2) is 10.3. The van der Waals surface area contributed by atoms with E-state index in [0.717, 1.165) is 6.42 Å². The molecule has 0 heterocycles. The zero-order valence-corrected chi connectivity index (χ0v) is 11.4. The van der Waals surface area contributed by atoms with Crippen molar-refractivity contribution in [2.24, 2.45) is 0 Å². The van der Waals surface area contributed by atoms with Gasteiger partial charge in [-0.2, -0.15) is 0 Å². The van der Waals surface area contributed by atoms with Crippen LogP contribution in [0.3, 0.4) is 0 Å². The number of carbonyl (C=O) groups is 3. The molecular formula is C12H22N2O5. The van der Waals surface area contributed by atoms with Crippen LogP contribution in [-0.2, 0) is 19.1 Å². The van der Waals surface area contributed by atoms with Crippen LogP contribution in [0.5, 0.6) is 0 Å². The van der Waals surface area contributed by atoms with E-state index in [-0.39, 0.29) is 18.7 Å². The first-order valence-corrected chi connectivity index (χ1v) is 6.34. The maximum Gasteiger partial charge on any atom is 0.325 e. The molecule has 0 aromatic rings. The van der Waals surface area contributed by atoms with Crippen LogP contribution in [0.4, 0.5) is 0 Å². The molecule has 7 nitrogen and oxygen atoms in total. The molecule has 0 bridgehead atoms. The van der Waals surface area contributed by atoms with E-state index in [9.17, 15) is 14.4 Å². The first-order chi connectivity index (χ1) is 8.97. The zero-order chi connectivity index (χ0) is 14.7. The van der Waals surface area contributed by atoms with Crippen molar-refractivity contribution in [2.45, 2.75) is 39.2 Å². The molecule has 110 valence electrons. The van der Waals surface area contributed by atoms with Gasteiger partial charge >= 0.3 is 5.97 Å². The first-order valence-electron chi connectivity index (χ1n) is 6.34. The molecule has 0 aliphatic carbocycles. The van der Waals surface area contributed by atoms with E-state index in [1.54, 1.807) is 0 Å². The molecule has 0 aromatic carbocycles. The Kier molecular flexibility index (Phi) is 9.42. The van der Waals surface area contributed by atoms with Gasteiger partial charge in [-0.25, -0.2) is 0 Å². The van der Waals surface area contributed by atoms with Gasteiger partial charge in [0.05, 0.1) is 0 Å². The smallest absolute Gasteiger partial charge is 0.325 e. The molecule has 3 N–H and O–H groups in total. The highest BCUT2D eigenvalue weighted by Crippen LogP contribution is 1.92. The molecule has 0 saturated heterocycles. The number of hydrogen-bond donors (Lipinski definition) is 3. The minimum atomic E-state index is -1.10. The van der Waals surface area contributed by atoms with Gasteiger partial charge in [0.2, 0.25) is 11.8 Å². The number of carboxylic acids is 1. The Morgan fingerprint density at radius 1 is 1.21 bits per heavy atom. The van der Waals surface area contributed by atoms with Gasteiger partial charge in [0.15, 0.2) is 0 Å². The summed E-state index contributed by atoms with van der Waals surface area (Å²) in [5.41, 5.74) is 0. The van der Waals surface area contributed by atoms with Gasteiger partial charge in [0.25, 0.3) is 0 Å².